The van der Waals surface area contributed by atoms with Crippen LogP contribution in [0.2, 0.25) is 0 Å². The summed E-state index contributed by atoms with van der Waals surface area (Å²) in [6.07, 6.45) is 1.67. The number of aromatic nitrogens is 3. The number of hydrogen-bond donors (Lipinski definition) is 1. The van der Waals surface area contributed by atoms with Gasteiger partial charge >= 0.3 is 5.69 Å². The number of para-hydroxylation sites is 1. The third kappa shape index (κ3) is 3.28. The Kier molecular flexibility index (Phi) is 4.45. The minimum atomic E-state index is -0.205. The van der Waals surface area contributed by atoms with Crippen LogP contribution in [0, 0.1) is 0 Å². The molecule has 2 aromatic rings. The van der Waals surface area contributed by atoms with Crippen molar-refractivity contribution in [3.8, 4) is 5.75 Å². The first-order valence-corrected chi connectivity index (χ1v) is 7.73. The van der Waals surface area contributed by atoms with Gasteiger partial charge in [0.15, 0.2) is 0 Å². The number of hydrogen-bond acceptors (Lipinski definition) is 4. The first-order chi connectivity index (χ1) is 11.2. The lowest BCUT2D eigenvalue weighted by atomic mass is 10.1. The largest absolute Gasteiger partial charge is 0.496 e. The lowest BCUT2D eigenvalue weighted by Crippen LogP contribution is -2.34. The van der Waals surface area contributed by atoms with E-state index in [1.165, 1.54) is 0 Å². The maximum atomic E-state index is 12.5. The summed E-state index contributed by atoms with van der Waals surface area (Å²) in [5, 5.41) is 6.45. The number of nitrogens with zero attached hydrogens (tertiary/aromatic N) is 3. The molecule has 7 heteroatoms. The molecule has 2 heterocycles. The van der Waals surface area contributed by atoms with E-state index in [1.807, 2.05) is 29.2 Å². The van der Waals surface area contributed by atoms with Crippen molar-refractivity contribution in [1.29, 1.82) is 0 Å². The molecule has 1 aromatic heterocycles. The normalized spacial score (nSPS) is 14.2. The van der Waals surface area contributed by atoms with Crippen LogP contribution >= 0.6 is 0 Å². The fourth-order valence-corrected chi connectivity index (χ4v) is 2.90. The smallest absolute Gasteiger partial charge is 0.343 e. The summed E-state index contributed by atoms with van der Waals surface area (Å²) in [7, 11) is 1.63. The third-order valence-corrected chi connectivity index (χ3v) is 4.19. The Morgan fingerprint density at radius 1 is 1.30 bits per heavy atom. The Bertz CT molecular complexity index is 750. The number of nitrogens with one attached hydrogen (secondary N) is 1. The zero-order valence-electron chi connectivity index (χ0n) is 13.1. The number of rotatable bonds is 4. The maximum absolute atomic E-state index is 12.5. The molecule has 0 spiro atoms. The molecule has 1 aliphatic rings. The highest BCUT2D eigenvalue weighted by molar-refractivity contribution is 5.76. The molecule has 1 amide bonds. The Labute approximate surface area is 133 Å². The Balaban J connectivity index is 1.60. The standard InChI is InChI=1S/C16H20N4O3/c1-23-13-5-3-2-4-12(13)6-7-15(21)19-9-8-14-17-18-16(22)20(14)11-10-19/h2-5H,6-11H2,1H3,(H,18,22). The minimum absolute atomic E-state index is 0.0955. The van der Waals surface area contributed by atoms with Gasteiger partial charge in [-0.2, -0.15) is 5.10 Å². The first-order valence-electron chi connectivity index (χ1n) is 7.73. The van der Waals surface area contributed by atoms with Gasteiger partial charge in [-0.1, -0.05) is 18.2 Å². The molecule has 0 saturated heterocycles. The van der Waals surface area contributed by atoms with Gasteiger partial charge in [0, 0.05) is 32.5 Å². The van der Waals surface area contributed by atoms with Crippen LogP contribution in [-0.2, 0) is 24.2 Å². The molecule has 1 aromatic carbocycles. The fourth-order valence-electron chi connectivity index (χ4n) is 2.90. The number of H-pyrrole nitrogens is 1. The van der Waals surface area contributed by atoms with E-state index in [9.17, 15) is 9.59 Å². The van der Waals surface area contributed by atoms with Gasteiger partial charge in [-0.05, 0) is 18.1 Å². The zero-order valence-corrected chi connectivity index (χ0v) is 13.1. The van der Waals surface area contributed by atoms with E-state index >= 15 is 0 Å². The molecule has 0 radical (unpaired) electrons. The van der Waals surface area contributed by atoms with Gasteiger partial charge in [0.25, 0.3) is 0 Å². The number of carbonyl (C=O) groups is 1. The quantitative estimate of drug-likeness (QED) is 0.895. The predicted molar refractivity (Wildman–Crippen MR) is 84.4 cm³/mol. The molecule has 0 aliphatic carbocycles. The summed E-state index contributed by atoms with van der Waals surface area (Å²) in [4.78, 5) is 25.9. The molecule has 7 nitrogen and oxygen atoms in total. The summed E-state index contributed by atoms with van der Waals surface area (Å²) >= 11 is 0. The Morgan fingerprint density at radius 3 is 2.96 bits per heavy atom. The molecule has 1 aliphatic heterocycles. The lowest BCUT2D eigenvalue weighted by Gasteiger charge is -2.20. The number of aromatic amines is 1. The van der Waals surface area contributed by atoms with Crippen molar-refractivity contribution in [2.24, 2.45) is 0 Å². The van der Waals surface area contributed by atoms with Crippen molar-refractivity contribution in [3.05, 3.63) is 46.1 Å². The van der Waals surface area contributed by atoms with E-state index in [0.29, 0.717) is 38.9 Å². The highest BCUT2D eigenvalue weighted by Gasteiger charge is 2.20. The van der Waals surface area contributed by atoms with Crippen LogP contribution in [0.1, 0.15) is 17.8 Å². The summed E-state index contributed by atoms with van der Waals surface area (Å²) in [6.45, 7) is 1.62. The number of fused-ring (bicyclic) bond motifs is 1. The second-order valence-electron chi connectivity index (χ2n) is 5.54. The van der Waals surface area contributed by atoms with Crippen molar-refractivity contribution in [2.75, 3.05) is 20.2 Å². The molecular formula is C16H20N4O3. The Morgan fingerprint density at radius 2 is 2.13 bits per heavy atom. The SMILES string of the molecule is COc1ccccc1CCC(=O)N1CCc2n[nH]c(=O)n2CC1. The molecule has 1 N–H and O–H groups in total. The number of amides is 1. The van der Waals surface area contributed by atoms with E-state index < -0.39 is 0 Å². The van der Waals surface area contributed by atoms with Crippen LogP contribution in [0.25, 0.3) is 0 Å². The summed E-state index contributed by atoms with van der Waals surface area (Å²) < 4.78 is 6.92. The van der Waals surface area contributed by atoms with Crippen LogP contribution in [0.5, 0.6) is 5.75 Å². The second-order valence-corrected chi connectivity index (χ2v) is 5.54. The number of carbonyl (C=O) groups excluding carboxylic acids is 1. The van der Waals surface area contributed by atoms with E-state index in [-0.39, 0.29) is 11.6 Å². The fraction of sp³-hybridized carbons (Fsp3) is 0.438. The maximum Gasteiger partial charge on any atom is 0.343 e. The molecule has 3 rings (SSSR count). The Hall–Kier alpha value is -2.57. The second kappa shape index (κ2) is 6.68. The van der Waals surface area contributed by atoms with Gasteiger partial charge < -0.3 is 9.64 Å². The van der Waals surface area contributed by atoms with Crippen LogP contribution < -0.4 is 10.4 Å². The molecular weight excluding hydrogens is 296 g/mol. The molecule has 23 heavy (non-hydrogen) atoms. The zero-order chi connectivity index (χ0) is 16.2. The van der Waals surface area contributed by atoms with Gasteiger partial charge in [-0.15, -0.1) is 0 Å². The molecule has 122 valence electrons. The van der Waals surface area contributed by atoms with Gasteiger partial charge in [-0.3, -0.25) is 9.36 Å². The van der Waals surface area contributed by atoms with Crippen molar-refractivity contribution < 1.29 is 9.53 Å². The van der Waals surface area contributed by atoms with E-state index in [0.717, 1.165) is 17.1 Å². The monoisotopic (exact) mass is 316 g/mol. The summed E-state index contributed by atoms with van der Waals surface area (Å²) in [5.41, 5.74) is 0.825. The topological polar surface area (TPSA) is 80.2 Å². The van der Waals surface area contributed by atoms with Crippen LogP contribution in [0.15, 0.2) is 29.1 Å². The minimum Gasteiger partial charge on any atom is -0.496 e. The molecule has 0 bridgehead atoms. The van der Waals surface area contributed by atoms with E-state index in [2.05, 4.69) is 10.2 Å². The molecule has 0 saturated carbocycles. The average Bonchev–Trinajstić information content (AvgIpc) is 2.80. The highest BCUT2D eigenvalue weighted by Crippen LogP contribution is 2.19. The number of aryl methyl sites for hydroxylation is 1. The average molecular weight is 316 g/mol. The van der Waals surface area contributed by atoms with Gasteiger partial charge in [0.1, 0.15) is 11.6 Å². The highest BCUT2D eigenvalue weighted by atomic mass is 16.5. The number of ether oxygens (including phenoxy) is 1. The number of benzene rings is 1. The predicted octanol–water partition coefficient (Wildman–Crippen LogP) is 0.597. The van der Waals surface area contributed by atoms with E-state index in [4.69, 9.17) is 4.74 Å². The van der Waals surface area contributed by atoms with Crippen molar-refractivity contribution in [1.82, 2.24) is 19.7 Å². The van der Waals surface area contributed by atoms with Crippen molar-refractivity contribution >= 4 is 5.91 Å². The first kappa shape index (κ1) is 15.3. The number of methoxy groups -OCH3 is 1. The van der Waals surface area contributed by atoms with E-state index in [1.54, 1.807) is 11.7 Å². The van der Waals surface area contributed by atoms with Crippen molar-refractivity contribution in [3.63, 3.8) is 0 Å². The van der Waals surface area contributed by atoms with Gasteiger partial charge in [0.2, 0.25) is 5.91 Å². The van der Waals surface area contributed by atoms with Crippen LogP contribution in [0.3, 0.4) is 0 Å². The lowest BCUT2D eigenvalue weighted by molar-refractivity contribution is -0.131. The van der Waals surface area contributed by atoms with Crippen molar-refractivity contribution in [2.45, 2.75) is 25.8 Å². The van der Waals surface area contributed by atoms with Gasteiger partial charge in [-0.25, -0.2) is 9.89 Å². The molecule has 0 atom stereocenters. The van der Waals surface area contributed by atoms with Gasteiger partial charge in [0.05, 0.1) is 7.11 Å². The summed E-state index contributed by atoms with van der Waals surface area (Å²) in [6, 6.07) is 7.73. The van der Waals surface area contributed by atoms with Crippen LogP contribution in [0.4, 0.5) is 0 Å². The molecule has 0 fully saturated rings. The van der Waals surface area contributed by atoms with Crippen LogP contribution in [-0.4, -0.2) is 45.8 Å². The third-order valence-electron chi connectivity index (χ3n) is 4.19. The summed E-state index contributed by atoms with van der Waals surface area (Å²) in [5.74, 6) is 1.62. The molecule has 0 unspecified atom stereocenters.